The van der Waals surface area contributed by atoms with Crippen LogP contribution in [0, 0.1) is 0 Å². The summed E-state index contributed by atoms with van der Waals surface area (Å²) in [7, 11) is 1.56. The van der Waals surface area contributed by atoms with Crippen LogP contribution < -0.4 is 9.47 Å². The molecule has 2 aromatic carbocycles. The highest BCUT2D eigenvalue weighted by Crippen LogP contribution is 2.35. The zero-order valence-corrected chi connectivity index (χ0v) is 20.4. The van der Waals surface area contributed by atoms with E-state index in [9.17, 15) is 14.4 Å². The Bertz CT molecular complexity index is 1150. The molecule has 4 rings (SSSR count). The molecule has 2 aromatic rings. The fourth-order valence-electron chi connectivity index (χ4n) is 3.90. The fraction of sp³-hybridized carbons (Fsp3) is 0.346. The van der Waals surface area contributed by atoms with Crippen molar-refractivity contribution in [3.8, 4) is 11.5 Å². The SMILES string of the molecule is CC[C@@H](C)Oc1ccc(/C=C2\SC(=O)N(CC(=O)N3CCc4ccccc4C3)C2=O)cc1OC. The van der Waals surface area contributed by atoms with Crippen molar-refractivity contribution >= 4 is 34.9 Å². The maximum Gasteiger partial charge on any atom is 0.294 e. The molecule has 3 amide bonds. The second-order valence-corrected chi connectivity index (χ2v) is 9.34. The second-order valence-electron chi connectivity index (χ2n) is 8.35. The zero-order chi connectivity index (χ0) is 24.2. The third-order valence-corrected chi connectivity index (χ3v) is 6.95. The smallest absolute Gasteiger partial charge is 0.294 e. The van der Waals surface area contributed by atoms with Crippen LogP contribution in [0.15, 0.2) is 47.4 Å². The molecule has 1 atom stereocenters. The topological polar surface area (TPSA) is 76.2 Å². The van der Waals surface area contributed by atoms with E-state index >= 15 is 0 Å². The van der Waals surface area contributed by atoms with E-state index in [-0.39, 0.29) is 23.5 Å². The van der Waals surface area contributed by atoms with E-state index in [4.69, 9.17) is 9.47 Å². The average Bonchev–Trinajstić information content (AvgIpc) is 3.11. The van der Waals surface area contributed by atoms with E-state index < -0.39 is 11.1 Å². The van der Waals surface area contributed by atoms with Crippen LogP contribution in [0.5, 0.6) is 11.5 Å². The minimum Gasteiger partial charge on any atom is -0.493 e. The number of rotatable bonds is 7. The number of hydrogen-bond donors (Lipinski definition) is 0. The number of benzene rings is 2. The Kier molecular flexibility index (Phi) is 7.26. The number of thioether (sulfide) groups is 1. The highest BCUT2D eigenvalue weighted by atomic mass is 32.2. The van der Waals surface area contributed by atoms with Crippen molar-refractivity contribution in [3.63, 3.8) is 0 Å². The quantitative estimate of drug-likeness (QED) is 0.544. The molecule has 0 aliphatic carbocycles. The molecule has 1 saturated heterocycles. The molecule has 8 heteroatoms. The van der Waals surface area contributed by atoms with Gasteiger partial charge in [-0.3, -0.25) is 19.3 Å². The second kappa shape index (κ2) is 10.3. The van der Waals surface area contributed by atoms with Gasteiger partial charge in [-0.1, -0.05) is 37.3 Å². The summed E-state index contributed by atoms with van der Waals surface area (Å²) in [5, 5.41) is -0.439. The lowest BCUT2D eigenvalue weighted by Gasteiger charge is -2.29. The van der Waals surface area contributed by atoms with Crippen molar-refractivity contribution in [2.24, 2.45) is 0 Å². The van der Waals surface area contributed by atoms with Gasteiger partial charge in [-0.25, -0.2) is 0 Å². The summed E-state index contributed by atoms with van der Waals surface area (Å²) in [6.45, 7) is 4.83. The molecule has 0 bridgehead atoms. The summed E-state index contributed by atoms with van der Waals surface area (Å²) in [5.41, 5.74) is 3.04. The summed E-state index contributed by atoms with van der Waals surface area (Å²) < 4.78 is 11.3. The number of nitrogens with zero attached hydrogens (tertiary/aromatic N) is 2. The first-order valence-corrected chi connectivity index (χ1v) is 12.2. The van der Waals surface area contributed by atoms with E-state index in [1.165, 1.54) is 5.56 Å². The van der Waals surface area contributed by atoms with E-state index in [1.54, 1.807) is 30.2 Å². The number of carbonyl (C=O) groups excluding carboxylic acids is 3. The molecule has 7 nitrogen and oxygen atoms in total. The molecule has 178 valence electrons. The van der Waals surface area contributed by atoms with Gasteiger partial charge in [0.15, 0.2) is 11.5 Å². The fourth-order valence-corrected chi connectivity index (χ4v) is 4.74. The van der Waals surface area contributed by atoms with Gasteiger partial charge >= 0.3 is 0 Å². The Hall–Kier alpha value is -3.26. The van der Waals surface area contributed by atoms with Crippen LogP contribution in [0.1, 0.15) is 37.0 Å². The lowest BCUT2D eigenvalue weighted by molar-refractivity contribution is -0.136. The average molecular weight is 481 g/mol. The molecule has 0 unspecified atom stereocenters. The Morgan fingerprint density at radius 3 is 2.65 bits per heavy atom. The van der Waals surface area contributed by atoms with Gasteiger partial charge in [0.2, 0.25) is 5.91 Å². The predicted octanol–water partition coefficient (Wildman–Crippen LogP) is 4.49. The number of fused-ring (bicyclic) bond motifs is 1. The van der Waals surface area contributed by atoms with Gasteiger partial charge in [-0.2, -0.15) is 0 Å². The molecular formula is C26H28N2O5S. The van der Waals surface area contributed by atoms with Crippen LogP contribution in [0.3, 0.4) is 0 Å². The zero-order valence-electron chi connectivity index (χ0n) is 19.6. The van der Waals surface area contributed by atoms with Crippen molar-refractivity contribution in [2.75, 3.05) is 20.2 Å². The molecule has 34 heavy (non-hydrogen) atoms. The minimum atomic E-state index is -0.459. The summed E-state index contributed by atoms with van der Waals surface area (Å²) in [6.07, 6.45) is 3.31. The maximum atomic E-state index is 12.9. The monoisotopic (exact) mass is 480 g/mol. The Morgan fingerprint density at radius 2 is 1.91 bits per heavy atom. The highest BCUT2D eigenvalue weighted by molar-refractivity contribution is 8.18. The van der Waals surface area contributed by atoms with Gasteiger partial charge in [-0.05, 0) is 66.4 Å². The molecule has 2 aliphatic heterocycles. The Labute approximate surface area is 203 Å². The van der Waals surface area contributed by atoms with E-state index in [0.29, 0.717) is 30.2 Å². The number of carbonyl (C=O) groups is 3. The third kappa shape index (κ3) is 5.12. The van der Waals surface area contributed by atoms with Crippen LogP contribution in [-0.2, 0) is 22.6 Å². The van der Waals surface area contributed by atoms with Gasteiger partial charge in [0.05, 0.1) is 18.1 Å². The highest BCUT2D eigenvalue weighted by Gasteiger charge is 2.37. The molecule has 0 spiro atoms. The van der Waals surface area contributed by atoms with Crippen molar-refractivity contribution in [1.29, 1.82) is 0 Å². The van der Waals surface area contributed by atoms with Gasteiger partial charge in [0, 0.05) is 13.1 Å². The van der Waals surface area contributed by atoms with Gasteiger partial charge < -0.3 is 14.4 Å². The summed E-state index contributed by atoms with van der Waals surface area (Å²) >= 11 is 0.842. The summed E-state index contributed by atoms with van der Waals surface area (Å²) in [4.78, 5) is 41.4. The van der Waals surface area contributed by atoms with Crippen LogP contribution in [0.2, 0.25) is 0 Å². The Morgan fingerprint density at radius 1 is 1.15 bits per heavy atom. The minimum absolute atomic E-state index is 0.0437. The molecule has 0 saturated carbocycles. The van der Waals surface area contributed by atoms with Crippen LogP contribution in [0.4, 0.5) is 4.79 Å². The van der Waals surface area contributed by atoms with Crippen molar-refractivity contribution in [1.82, 2.24) is 9.80 Å². The van der Waals surface area contributed by atoms with Crippen molar-refractivity contribution in [3.05, 3.63) is 64.1 Å². The lowest BCUT2D eigenvalue weighted by atomic mass is 10.00. The molecule has 0 radical (unpaired) electrons. The van der Waals surface area contributed by atoms with Crippen molar-refractivity contribution < 1.29 is 23.9 Å². The van der Waals surface area contributed by atoms with E-state index in [0.717, 1.165) is 35.1 Å². The molecule has 1 fully saturated rings. The van der Waals surface area contributed by atoms with Crippen molar-refractivity contribution in [2.45, 2.75) is 39.3 Å². The first kappa shape index (κ1) is 23.9. The van der Waals surface area contributed by atoms with Crippen LogP contribution in [0.25, 0.3) is 6.08 Å². The van der Waals surface area contributed by atoms with E-state index in [2.05, 4.69) is 6.07 Å². The third-order valence-electron chi connectivity index (χ3n) is 6.04. The number of ether oxygens (including phenoxy) is 2. The van der Waals surface area contributed by atoms with Crippen LogP contribution >= 0.6 is 11.8 Å². The predicted molar refractivity (Wildman–Crippen MR) is 132 cm³/mol. The number of amides is 3. The normalized spacial score (nSPS) is 17.7. The molecule has 2 heterocycles. The molecule has 0 N–H and O–H groups in total. The molecular weight excluding hydrogens is 452 g/mol. The van der Waals surface area contributed by atoms with Gasteiger partial charge in [-0.15, -0.1) is 0 Å². The number of hydrogen-bond acceptors (Lipinski definition) is 6. The van der Waals surface area contributed by atoms with Crippen LogP contribution in [-0.4, -0.2) is 53.2 Å². The first-order chi connectivity index (χ1) is 16.4. The maximum absolute atomic E-state index is 12.9. The lowest BCUT2D eigenvalue weighted by Crippen LogP contribution is -2.44. The number of imide groups is 1. The molecule has 2 aliphatic rings. The van der Waals surface area contributed by atoms with Gasteiger partial charge in [0.25, 0.3) is 11.1 Å². The first-order valence-electron chi connectivity index (χ1n) is 11.3. The van der Waals surface area contributed by atoms with Gasteiger partial charge in [0.1, 0.15) is 6.54 Å². The Balaban J connectivity index is 1.45. The van der Waals surface area contributed by atoms with E-state index in [1.807, 2.05) is 38.1 Å². The standard InChI is InChI=1S/C26H28N2O5S/c1-4-17(2)33-21-10-9-18(13-22(21)32-3)14-23-25(30)28(26(31)34-23)16-24(29)27-12-11-19-7-5-6-8-20(19)15-27/h5-10,13-14,17H,4,11-12,15-16H2,1-3H3/b23-14-/t17-/m1/s1. The largest absolute Gasteiger partial charge is 0.493 e. The summed E-state index contributed by atoms with van der Waals surface area (Å²) in [5.74, 6) is 0.482. The summed E-state index contributed by atoms with van der Waals surface area (Å²) in [6, 6.07) is 13.4. The molecule has 0 aromatic heterocycles. The number of methoxy groups -OCH3 is 1.